The van der Waals surface area contributed by atoms with Gasteiger partial charge < -0.3 is 14.1 Å². The van der Waals surface area contributed by atoms with Crippen molar-refractivity contribution in [1.29, 1.82) is 0 Å². The van der Waals surface area contributed by atoms with E-state index in [1.807, 2.05) is 6.92 Å². The van der Waals surface area contributed by atoms with Gasteiger partial charge in [0.25, 0.3) is 5.91 Å². The van der Waals surface area contributed by atoms with Crippen LogP contribution in [0.4, 0.5) is 0 Å². The summed E-state index contributed by atoms with van der Waals surface area (Å²) < 4.78 is 36.0. The number of nitrogens with zero attached hydrogens (tertiary/aromatic N) is 1. The molecule has 3 aromatic rings. The smallest absolute Gasteiger partial charge is 0.291 e. The number of amides is 1. The number of hydrogen-bond acceptors (Lipinski definition) is 6. The maximum absolute atomic E-state index is 13.6. The fourth-order valence-corrected chi connectivity index (χ4v) is 6.51. The highest BCUT2D eigenvalue weighted by atomic mass is 35.5. The predicted octanol–water partition coefficient (Wildman–Crippen LogP) is 3.97. The van der Waals surface area contributed by atoms with Crippen molar-refractivity contribution in [2.45, 2.75) is 31.8 Å². The molecule has 2 unspecified atom stereocenters. The standard InChI is InChI=1S/C24H22ClNO6S/c1-2-10-31-17-6-3-14(4-7-17)21-20-22(27)18-12-15(25)5-8-19(18)32-23(20)24(28)26(21)16-9-11-33(29,30)13-16/h3-8,12,16,21H,2,9-11,13H2,1H3. The molecule has 1 amide bonds. The van der Waals surface area contributed by atoms with E-state index in [-0.39, 0.29) is 39.2 Å². The van der Waals surface area contributed by atoms with Crippen molar-refractivity contribution in [2.24, 2.45) is 0 Å². The van der Waals surface area contributed by atoms with Gasteiger partial charge in [0.2, 0.25) is 5.76 Å². The van der Waals surface area contributed by atoms with Gasteiger partial charge in [-0.15, -0.1) is 0 Å². The van der Waals surface area contributed by atoms with Crippen LogP contribution in [-0.2, 0) is 9.84 Å². The molecule has 7 nitrogen and oxygen atoms in total. The van der Waals surface area contributed by atoms with Gasteiger partial charge in [-0.2, -0.15) is 0 Å². The summed E-state index contributed by atoms with van der Waals surface area (Å²) in [7, 11) is -3.26. The quantitative estimate of drug-likeness (QED) is 0.540. The minimum Gasteiger partial charge on any atom is -0.494 e. The lowest BCUT2D eigenvalue weighted by atomic mass is 9.97. The van der Waals surface area contributed by atoms with E-state index < -0.39 is 27.8 Å². The Morgan fingerprint density at radius 1 is 1.15 bits per heavy atom. The Morgan fingerprint density at radius 2 is 1.91 bits per heavy atom. The second-order valence-electron chi connectivity index (χ2n) is 8.40. The zero-order valence-electron chi connectivity index (χ0n) is 17.9. The molecule has 0 saturated carbocycles. The third-order valence-corrected chi connectivity index (χ3v) is 8.12. The molecule has 2 atom stereocenters. The third-order valence-electron chi connectivity index (χ3n) is 6.14. The molecule has 0 aliphatic carbocycles. The molecule has 0 bridgehead atoms. The van der Waals surface area contributed by atoms with Gasteiger partial charge in [0.05, 0.1) is 35.1 Å². The summed E-state index contributed by atoms with van der Waals surface area (Å²) in [5.74, 6) is 0.0264. The molecule has 33 heavy (non-hydrogen) atoms. The van der Waals surface area contributed by atoms with Crippen LogP contribution in [0.25, 0.3) is 11.0 Å². The van der Waals surface area contributed by atoms with Crippen LogP contribution in [0.5, 0.6) is 5.75 Å². The molecule has 0 spiro atoms. The molecule has 2 aliphatic heterocycles. The molecule has 3 heterocycles. The van der Waals surface area contributed by atoms with Crippen LogP contribution in [-0.4, -0.2) is 43.4 Å². The fourth-order valence-electron chi connectivity index (χ4n) is 4.63. The van der Waals surface area contributed by atoms with E-state index in [0.29, 0.717) is 29.4 Å². The maximum Gasteiger partial charge on any atom is 0.291 e. The second kappa shape index (κ2) is 8.18. The normalized spacial score (nSPS) is 21.5. The number of ether oxygens (including phenoxy) is 1. The predicted molar refractivity (Wildman–Crippen MR) is 125 cm³/mol. The molecule has 1 saturated heterocycles. The van der Waals surface area contributed by atoms with Gasteiger partial charge in [0.15, 0.2) is 15.3 Å². The second-order valence-corrected chi connectivity index (χ2v) is 11.1. The van der Waals surface area contributed by atoms with Crippen molar-refractivity contribution in [1.82, 2.24) is 4.90 Å². The van der Waals surface area contributed by atoms with E-state index in [2.05, 4.69) is 0 Å². The number of sulfone groups is 1. The third kappa shape index (κ3) is 3.81. The number of rotatable bonds is 5. The molecule has 0 radical (unpaired) electrons. The van der Waals surface area contributed by atoms with Crippen molar-refractivity contribution in [2.75, 3.05) is 18.1 Å². The van der Waals surface area contributed by atoms with E-state index >= 15 is 0 Å². The Morgan fingerprint density at radius 3 is 2.58 bits per heavy atom. The summed E-state index contributed by atoms with van der Waals surface area (Å²) in [5.41, 5.74) is 0.812. The Hall–Kier alpha value is -2.84. The number of carbonyl (C=O) groups excluding carboxylic acids is 1. The Labute approximate surface area is 195 Å². The zero-order valence-corrected chi connectivity index (χ0v) is 19.5. The summed E-state index contributed by atoms with van der Waals surface area (Å²) in [6.07, 6.45) is 1.18. The maximum atomic E-state index is 13.6. The fraction of sp³-hybridized carbons (Fsp3) is 0.333. The van der Waals surface area contributed by atoms with Gasteiger partial charge in [-0.3, -0.25) is 9.59 Å². The Kier molecular flexibility index (Phi) is 5.45. The molecule has 1 fully saturated rings. The van der Waals surface area contributed by atoms with Crippen LogP contribution in [0.2, 0.25) is 5.02 Å². The molecular formula is C24H22ClNO6S. The van der Waals surface area contributed by atoms with Gasteiger partial charge in [-0.1, -0.05) is 30.7 Å². The first-order valence-electron chi connectivity index (χ1n) is 10.8. The molecule has 2 aromatic carbocycles. The molecule has 5 rings (SSSR count). The monoisotopic (exact) mass is 487 g/mol. The number of benzene rings is 2. The van der Waals surface area contributed by atoms with Crippen LogP contribution < -0.4 is 10.2 Å². The van der Waals surface area contributed by atoms with E-state index in [1.165, 1.54) is 11.0 Å². The highest BCUT2D eigenvalue weighted by Crippen LogP contribution is 2.41. The van der Waals surface area contributed by atoms with Crippen molar-refractivity contribution in [3.63, 3.8) is 0 Å². The van der Waals surface area contributed by atoms with Gasteiger partial charge in [-0.05, 0) is 48.7 Å². The Balaban J connectivity index is 1.68. The zero-order chi connectivity index (χ0) is 23.3. The lowest BCUT2D eigenvalue weighted by molar-refractivity contribution is 0.0662. The number of fused-ring (bicyclic) bond motifs is 2. The summed E-state index contributed by atoms with van der Waals surface area (Å²) in [6, 6.07) is 10.5. The number of halogens is 1. The largest absolute Gasteiger partial charge is 0.494 e. The van der Waals surface area contributed by atoms with E-state index in [4.69, 9.17) is 20.8 Å². The van der Waals surface area contributed by atoms with Crippen molar-refractivity contribution in [3.8, 4) is 5.75 Å². The molecule has 1 aromatic heterocycles. The number of hydrogen-bond donors (Lipinski definition) is 0. The van der Waals surface area contributed by atoms with Crippen molar-refractivity contribution < 1.29 is 22.4 Å². The van der Waals surface area contributed by atoms with E-state index in [0.717, 1.165) is 6.42 Å². The first-order valence-corrected chi connectivity index (χ1v) is 13.0. The summed E-state index contributed by atoms with van der Waals surface area (Å²) >= 11 is 6.11. The molecule has 172 valence electrons. The minimum absolute atomic E-state index is 0.00721. The van der Waals surface area contributed by atoms with Gasteiger partial charge in [0.1, 0.15) is 11.3 Å². The highest BCUT2D eigenvalue weighted by molar-refractivity contribution is 7.91. The van der Waals surface area contributed by atoms with Crippen molar-refractivity contribution >= 4 is 38.3 Å². The minimum atomic E-state index is -3.26. The van der Waals surface area contributed by atoms with Gasteiger partial charge in [-0.25, -0.2) is 8.42 Å². The van der Waals surface area contributed by atoms with E-state index in [9.17, 15) is 18.0 Å². The average Bonchev–Trinajstić information content (AvgIpc) is 3.29. The lowest BCUT2D eigenvalue weighted by Crippen LogP contribution is -2.40. The SMILES string of the molecule is CCCOc1ccc(C2c3c(oc4ccc(Cl)cc4c3=O)C(=O)N2C2CCS(=O)(=O)C2)cc1. The summed E-state index contributed by atoms with van der Waals surface area (Å²) in [4.78, 5) is 28.6. The van der Waals surface area contributed by atoms with Crippen molar-refractivity contribution in [3.05, 3.63) is 74.6 Å². The highest BCUT2D eigenvalue weighted by Gasteiger charge is 2.48. The van der Waals surface area contributed by atoms with Crippen LogP contribution in [0.1, 0.15) is 47.5 Å². The van der Waals surface area contributed by atoms with Crippen LogP contribution in [0.15, 0.2) is 51.7 Å². The summed E-state index contributed by atoms with van der Waals surface area (Å²) in [5, 5.41) is 0.662. The molecule has 9 heteroatoms. The van der Waals surface area contributed by atoms with Crippen LogP contribution in [0.3, 0.4) is 0 Å². The first kappa shape index (κ1) is 22.0. The molecule has 0 N–H and O–H groups in total. The van der Waals surface area contributed by atoms with Gasteiger partial charge in [0, 0.05) is 11.1 Å². The van der Waals surface area contributed by atoms with Gasteiger partial charge >= 0.3 is 0 Å². The lowest BCUT2D eigenvalue weighted by Gasteiger charge is -2.30. The summed E-state index contributed by atoms with van der Waals surface area (Å²) in [6.45, 7) is 2.59. The van der Waals surface area contributed by atoms with Crippen LogP contribution >= 0.6 is 11.6 Å². The molecule has 2 aliphatic rings. The molecular weight excluding hydrogens is 466 g/mol. The number of carbonyl (C=O) groups is 1. The topological polar surface area (TPSA) is 93.9 Å². The van der Waals surface area contributed by atoms with Crippen LogP contribution in [0, 0.1) is 0 Å². The van der Waals surface area contributed by atoms with E-state index in [1.54, 1.807) is 36.4 Å². The average molecular weight is 488 g/mol. The first-order chi connectivity index (χ1) is 15.8. The Bertz CT molecular complexity index is 1410.